The van der Waals surface area contributed by atoms with E-state index in [1.165, 1.54) is 11.3 Å². The summed E-state index contributed by atoms with van der Waals surface area (Å²) in [7, 11) is 1.56. The van der Waals surface area contributed by atoms with Crippen molar-refractivity contribution in [3.8, 4) is 11.5 Å². The summed E-state index contributed by atoms with van der Waals surface area (Å²) in [6.45, 7) is 5.96. The average molecular weight is 505 g/mol. The number of nitrogens with zero attached hydrogens (tertiary/aromatic N) is 2. The zero-order chi connectivity index (χ0) is 25.7. The summed E-state index contributed by atoms with van der Waals surface area (Å²) >= 11 is 1.27. The second-order valence-electron chi connectivity index (χ2n) is 7.91. The molecule has 4 rings (SSSR count). The number of methoxy groups -OCH3 is 1. The van der Waals surface area contributed by atoms with Crippen molar-refractivity contribution in [2.45, 2.75) is 26.8 Å². The van der Waals surface area contributed by atoms with Gasteiger partial charge in [-0.25, -0.2) is 9.79 Å². The molecule has 2 heterocycles. The number of allylic oxidation sites excluding steroid dienone is 2. The van der Waals surface area contributed by atoms with Crippen LogP contribution in [0.2, 0.25) is 0 Å². The smallest absolute Gasteiger partial charge is 0.338 e. The van der Waals surface area contributed by atoms with Gasteiger partial charge in [0.15, 0.2) is 16.3 Å². The standard InChI is InChI=1S/C28H28N2O5S/c1-5-34-25-20(15-11-16-21(25)33-4)24-23(27(32)35-6-2)18(3)29-28-30(24)26(31)22(36-28)17-10-14-19-12-8-7-9-13-19/h7-17,24H,5-6H2,1-4H3. The second-order valence-corrected chi connectivity index (χ2v) is 8.92. The highest BCUT2D eigenvalue weighted by Crippen LogP contribution is 2.40. The number of rotatable bonds is 8. The van der Waals surface area contributed by atoms with Gasteiger partial charge in [-0.2, -0.15) is 0 Å². The molecule has 0 spiro atoms. The SMILES string of the molecule is CCOC(=O)C1=C(C)N=c2sc(=CC=Cc3ccccc3)c(=O)n2C1c1cccc(OC)c1OCC. The van der Waals surface area contributed by atoms with Crippen LogP contribution in [0.1, 0.15) is 37.9 Å². The number of carbonyl (C=O) groups excluding carboxylic acids is 1. The molecule has 0 radical (unpaired) electrons. The maximum atomic E-state index is 13.7. The van der Waals surface area contributed by atoms with Gasteiger partial charge in [-0.1, -0.05) is 66.0 Å². The average Bonchev–Trinajstić information content (AvgIpc) is 3.19. The van der Waals surface area contributed by atoms with Crippen molar-refractivity contribution in [3.63, 3.8) is 0 Å². The number of fused-ring (bicyclic) bond motifs is 1. The molecule has 0 saturated carbocycles. The van der Waals surface area contributed by atoms with Gasteiger partial charge in [0.25, 0.3) is 5.56 Å². The molecule has 1 unspecified atom stereocenters. The molecule has 0 N–H and O–H groups in total. The van der Waals surface area contributed by atoms with Crippen molar-refractivity contribution in [1.82, 2.24) is 4.57 Å². The minimum atomic E-state index is -0.780. The van der Waals surface area contributed by atoms with Crippen LogP contribution < -0.4 is 24.4 Å². The van der Waals surface area contributed by atoms with Gasteiger partial charge < -0.3 is 14.2 Å². The van der Waals surface area contributed by atoms with Crippen molar-refractivity contribution in [2.75, 3.05) is 20.3 Å². The van der Waals surface area contributed by atoms with Crippen LogP contribution in [-0.2, 0) is 9.53 Å². The maximum Gasteiger partial charge on any atom is 0.338 e. The molecule has 1 atom stereocenters. The third-order valence-electron chi connectivity index (χ3n) is 5.67. The second kappa shape index (κ2) is 11.2. The summed E-state index contributed by atoms with van der Waals surface area (Å²) in [5.41, 5.74) is 2.20. The number of hydrogen-bond acceptors (Lipinski definition) is 7. The maximum absolute atomic E-state index is 13.7. The summed E-state index contributed by atoms with van der Waals surface area (Å²) in [5.74, 6) is 0.468. The zero-order valence-corrected chi connectivity index (χ0v) is 21.5. The van der Waals surface area contributed by atoms with Gasteiger partial charge in [-0.05, 0) is 38.5 Å². The Hall–Kier alpha value is -3.91. The molecular weight excluding hydrogens is 476 g/mol. The fourth-order valence-electron chi connectivity index (χ4n) is 4.12. The first-order valence-electron chi connectivity index (χ1n) is 11.7. The number of benzene rings is 2. The minimum Gasteiger partial charge on any atom is -0.493 e. The Morgan fingerprint density at radius 2 is 1.89 bits per heavy atom. The Bertz CT molecular complexity index is 1500. The van der Waals surface area contributed by atoms with E-state index in [1.54, 1.807) is 37.7 Å². The molecule has 0 saturated heterocycles. The summed E-state index contributed by atoms with van der Waals surface area (Å²) in [4.78, 5) is 31.9. The van der Waals surface area contributed by atoms with Crippen molar-refractivity contribution in [1.29, 1.82) is 0 Å². The van der Waals surface area contributed by atoms with Crippen molar-refractivity contribution in [3.05, 3.63) is 96.7 Å². The number of hydrogen-bond donors (Lipinski definition) is 0. The van der Waals surface area contributed by atoms with E-state index in [1.807, 2.05) is 61.5 Å². The number of carbonyl (C=O) groups is 1. The molecule has 0 amide bonds. The first-order chi connectivity index (χ1) is 17.5. The van der Waals surface area contributed by atoms with Crippen LogP contribution in [0.3, 0.4) is 0 Å². The highest BCUT2D eigenvalue weighted by Gasteiger charge is 2.35. The number of aromatic nitrogens is 1. The van der Waals surface area contributed by atoms with Crippen LogP contribution in [0.5, 0.6) is 11.5 Å². The largest absolute Gasteiger partial charge is 0.493 e. The summed E-state index contributed by atoms with van der Waals surface area (Å²) in [6, 6.07) is 14.5. The third kappa shape index (κ3) is 4.90. The van der Waals surface area contributed by atoms with Crippen LogP contribution in [0.15, 0.2) is 75.7 Å². The molecule has 1 aliphatic rings. The summed E-state index contributed by atoms with van der Waals surface area (Å²) < 4.78 is 18.9. The van der Waals surface area contributed by atoms with Crippen molar-refractivity contribution in [2.24, 2.45) is 4.99 Å². The number of para-hydroxylation sites is 1. The van der Waals surface area contributed by atoms with Crippen molar-refractivity contribution >= 4 is 29.5 Å². The Labute approximate surface area is 213 Å². The highest BCUT2D eigenvalue weighted by molar-refractivity contribution is 7.07. The third-order valence-corrected chi connectivity index (χ3v) is 6.67. The van der Waals surface area contributed by atoms with E-state index in [4.69, 9.17) is 14.2 Å². The summed E-state index contributed by atoms with van der Waals surface area (Å²) in [5, 5.41) is 0. The molecular formula is C28H28N2O5S. The first kappa shape index (κ1) is 25.2. The van der Waals surface area contributed by atoms with Gasteiger partial charge >= 0.3 is 5.97 Å². The Morgan fingerprint density at radius 1 is 1.11 bits per heavy atom. The van der Waals surface area contributed by atoms with Gasteiger partial charge in [0, 0.05) is 5.56 Å². The predicted molar refractivity (Wildman–Crippen MR) is 141 cm³/mol. The first-order valence-corrected chi connectivity index (χ1v) is 12.5. The summed E-state index contributed by atoms with van der Waals surface area (Å²) in [6.07, 6.45) is 5.54. The number of esters is 1. The van der Waals surface area contributed by atoms with Gasteiger partial charge in [0.05, 0.1) is 36.1 Å². The fraction of sp³-hybridized carbons (Fsp3) is 0.250. The van der Waals surface area contributed by atoms with Crippen LogP contribution in [0.4, 0.5) is 0 Å². The van der Waals surface area contributed by atoms with E-state index >= 15 is 0 Å². The lowest BCUT2D eigenvalue weighted by atomic mass is 9.94. The monoisotopic (exact) mass is 504 g/mol. The predicted octanol–water partition coefficient (Wildman–Crippen LogP) is 3.87. The molecule has 3 aromatic rings. The molecule has 1 aliphatic heterocycles. The number of ether oxygens (including phenoxy) is 3. The van der Waals surface area contributed by atoms with Gasteiger partial charge in [-0.15, -0.1) is 0 Å². The van der Waals surface area contributed by atoms with Gasteiger partial charge in [0.2, 0.25) is 0 Å². The van der Waals surface area contributed by atoms with Gasteiger partial charge in [0.1, 0.15) is 6.04 Å². The molecule has 2 aromatic carbocycles. The molecule has 8 heteroatoms. The quantitative estimate of drug-likeness (QED) is 0.435. The molecule has 0 fully saturated rings. The lowest BCUT2D eigenvalue weighted by Crippen LogP contribution is -2.40. The Kier molecular flexibility index (Phi) is 7.85. The van der Waals surface area contributed by atoms with E-state index in [2.05, 4.69) is 4.99 Å². The van der Waals surface area contributed by atoms with Crippen LogP contribution >= 0.6 is 11.3 Å². The lowest BCUT2D eigenvalue weighted by Gasteiger charge is -2.26. The van der Waals surface area contributed by atoms with E-state index in [9.17, 15) is 9.59 Å². The van der Waals surface area contributed by atoms with E-state index in [0.29, 0.717) is 44.3 Å². The Morgan fingerprint density at radius 3 is 2.58 bits per heavy atom. The fourth-order valence-corrected chi connectivity index (χ4v) is 5.12. The van der Waals surface area contributed by atoms with E-state index in [-0.39, 0.29) is 12.2 Å². The lowest BCUT2D eigenvalue weighted by molar-refractivity contribution is -0.139. The highest BCUT2D eigenvalue weighted by atomic mass is 32.1. The van der Waals surface area contributed by atoms with Crippen LogP contribution in [0, 0.1) is 0 Å². The Balaban J connectivity index is 1.93. The van der Waals surface area contributed by atoms with Gasteiger partial charge in [-0.3, -0.25) is 9.36 Å². The normalized spacial score (nSPS) is 15.6. The molecule has 186 valence electrons. The number of thiazole rings is 1. The molecule has 36 heavy (non-hydrogen) atoms. The molecule has 0 aliphatic carbocycles. The topological polar surface area (TPSA) is 79.1 Å². The van der Waals surface area contributed by atoms with E-state index < -0.39 is 12.0 Å². The van der Waals surface area contributed by atoms with Crippen LogP contribution in [-0.4, -0.2) is 30.9 Å². The van der Waals surface area contributed by atoms with E-state index in [0.717, 1.165) is 5.56 Å². The van der Waals surface area contributed by atoms with Crippen molar-refractivity contribution < 1.29 is 19.0 Å². The molecule has 7 nitrogen and oxygen atoms in total. The molecule has 1 aromatic heterocycles. The molecule has 0 bridgehead atoms. The van der Waals surface area contributed by atoms with Crippen LogP contribution in [0.25, 0.3) is 12.2 Å². The minimum absolute atomic E-state index is 0.202. The zero-order valence-electron chi connectivity index (χ0n) is 20.7.